The van der Waals surface area contributed by atoms with Gasteiger partial charge in [0.25, 0.3) is 0 Å². The first-order chi connectivity index (χ1) is 7.22. The molecule has 0 aliphatic rings. The molecule has 0 bridgehead atoms. The lowest BCUT2D eigenvalue weighted by atomic mass is 10.2. The number of carbonyl (C=O) groups excluding carboxylic acids is 1. The lowest BCUT2D eigenvalue weighted by Crippen LogP contribution is -2.00. The number of rotatable bonds is 2. The van der Waals surface area contributed by atoms with E-state index in [1.807, 2.05) is 17.7 Å². The van der Waals surface area contributed by atoms with E-state index < -0.39 is 5.97 Å². The van der Waals surface area contributed by atoms with Crippen molar-refractivity contribution < 1.29 is 13.9 Å². The topological polar surface area (TPSA) is 65.2 Å². The molecular weight excluding hydrogens is 216 g/mol. The predicted octanol–water partition coefficient (Wildman–Crippen LogP) is 1.89. The number of methoxy groups -OCH3 is 1. The molecule has 0 unspecified atom stereocenters. The van der Waals surface area contributed by atoms with Crippen molar-refractivity contribution in [1.82, 2.24) is 10.2 Å². The van der Waals surface area contributed by atoms with Gasteiger partial charge in [-0.1, -0.05) is 0 Å². The Hall–Kier alpha value is -1.69. The molecule has 15 heavy (non-hydrogen) atoms. The maximum Gasteiger partial charge on any atom is 0.396 e. The third-order valence-electron chi connectivity index (χ3n) is 1.87. The number of ether oxygens (including phenoxy) is 1. The molecule has 5 nitrogen and oxygen atoms in total. The van der Waals surface area contributed by atoms with Crippen LogP contribution in [-0.2, 0) is 4.74 Å². The molecule has 0 aliphatic heterocycles. The molecule has 0 saturated carbocycles. The lowest BCUT2D eigenvalue weighted by molar-refractivity contribution is 0.0556. The van der Waals surface area contributed by atoms with Gasteiger partial charge in [0, 0.05) is 5.38 Å². The van der Waals surface area contributed by atoms with Gasteiger partial charge in [-0.15, -0.1) is 10.2 Å². The van der Waals surface area contributed by atoms with Gasteiger partial charge in [0.2, 0.25) is 5.89 Å². The summed E-state index contributed by atoms with van der Waals surface area (Å²) in [6, 6.07) is 0. The van der Waals surface area contributed by atoms with Gasteiger partial charge in [0.05, 0.1) is 12.7 Å². The van der Waals surface area contributed by atoms with E-state index in [1.54, 1.807) is 11.3 Å². The third kappa shape index (κ3) is 1.75. The molecule has 2 aromatic rings. The summed E-state index contributed by atoms with van der Waals surface area (Å²) in [6.07, 6.45) is 0. The van der Waals surface area contributed by atoms with Crippen molar-refractivity contribution in [2.24, 2.45) is 0 Å². The monoisotopic (exact) mass is 224 g/mol. The molecule has 2 heterocycles. The van der Waals surface area contributed by atoms with E-state index in [2.05, 4.69) is 14.9 Å². The van der Waals surface area contributed by atoms with E-state index in [4.69, 9.17) is 4.42 Å². The highest BCUT2D eigenvalue weighted by Gasteiger charge is 2.17. The third-order valence-corrected chi connectivity index (χ3v) is 2.73. The summed E-state index contributed by atoms with van der Waals surface area (Å²) in [7, 11) is 1.27. The summed E-state index contributed by atoms with van der Waals surface area (Å²) in [5.74, 6) is -0.408. The van der Waals surface area contributed by atoms with Crippen LogP contribution in [0, 0.1) is 6.92 Å². The van der Waals surface area contributed by atoms with Gasteiger partial charge in [-0.2, -0.15) is 11.3 Å². The van der Waals surface area contributed by atoms with Gasteiger partial charge < -0.3 is 9.15 Å². The Morgan fingerprint density at radius 3 is 2.87 bits per heavy atom. The van der Waals surface area contributed by atoms with Crippen molar-refractivity contribution in [3.63, 3.8) is 0 Å². The minimum absolute atomic E-state index is 0.127. The Kier molecular flexibility index (Phi) is 2.51. The summed E-state index contributed by atoms with van der Waals surface area (Å²) in [6.45, 7) is 1.94. The van der Waals surface area contributed by atoms with Crippen molar-refractivity contribution in [3.8, 4) is 11.5 Å². The number of aryl methyl sites for hydroxylation is 1. The van der Waals surface area contributed by atoms with Crippen molar-refractivity contribution in [1.29, 1.82) is 0 Å². The van der Waals surface area contributed by atoms with Gasteiger partial charge >= 0.3 is 11.9 Å². The average Bonchev–Trinajstić information content (AvgIpc) is 2.84. The fourth-order valence-electron chi connectivity index (χ4n) is 1.08. The summed E-state index contributed by atoms with van der Waals surface area (Å²) >= 11 is 1.54. The van der Waals surface area contributed by atoms with E-state index in [0.29, 0.717) is 5.89 Å². The van der Waals surface area contributed by atoms with Crippen molar-refractivity contribution in [3.05, 3.63) is 22.2 Å². The molecule has 0 atom stereocenters. The van der Waals surface area contributed by atoms with Crippen LogP contribution >= 0.6 is 11.3 Å². The van der Waals surface area contributed by atoms with E-state index in [0.717, 1.165) is 11.1 Å². The van der Waals surface area contributed by atoms with E-state index in [1.165, 1.54) is 7.11 Å². The highest BCUT2D eigenvalue weighted by molar-refractivity contribution is 7.08. The summed E-state index contributed by atoms with van der Waals surface area (Å²) in [5, 5.41) is 11.2. The second kappa shape index (κ2) is 3.82. The first-order valence-electron chi connectivity index (χ1n) is 4.17. The average molecular weight is 224 g/mol. The Labute approximate surface area is 89.7 Å². The van der Waals surface area contributed by atoms with Crippen molar-refractivity contribution in [2.45, 2.75) is 6.92 Å². The first-order valence-corrected chi connectivity index (χ1v) is 5.11. The zero-order valence-electron chi connectivity index (χ0n) is 8.18. The van der Waals surface area contributed by atoms with Gasteiger partial charge in [-0.25, -0.2) is 4.79 Å². The number of hydrogen-bond donors (Lipinski definition) is 0. The van der Waals surface area contributed by atoms with Crippen LogP contribution < -0.4 is 0 Å². The number of thiophene rings is 1. The number of nitrogens with zero attached hydrogens (tertiary/aromatic N) is 2. The Morgan fingerprint density at radius 1 is 1.47 bits per heavy atom. The molecule has 0 aliphatic carbocycles. The normalized spacial score (nSPS) is 10.3. The van der Waals surface area contributed by atoms with E-state index >= 15 is 0 Å². The molecule has 0 fully saturated rings. The fourth-order valence-corrected chi connectivity index (χ4v) is 1.90. The van der Waals surface area contributed by atoms with Crippen LogP contribution in [0.4, 0.5) is 0 Å². The molecule has 0 N–H and O–H groups in total. The van der Waals surface area contributed by atoms with E-state index in [9.17, 15) is 4.79 Å². The Bertz CT molecular complexity index is 489. The predicted molar refractivity (Wildman–Crippen MR) is 53.7 cm³/mol. The molecule has 0 aromatic carbocycles. The molecule has 0 saturated heterocycles. The highest BCUT2D eigenvalue weighted by atomic mass is 32.1. The maximum atomic E-state index is 11.1. The number of carbonyl (C=O) groups is 1. The summed E-state index contributed by atoms with van der Waals surface area (Å²) in [4.78, 5) is 11.1. The maximum absolute atomic E-state index is 11.1. The molecule has 0 spiro atoms. The highest BCUT2D eigenvalue weighted by Crippen LogP contribution is 2.25. The summed E-state index contributed by atoms with van der Waals surface area (Å²) < 4.78 is 9.64. The largest absolute Gasteiger partial charge is 0.462 e. The lowest BCUT2D eigenvalue weighted by Gasteiger charge is -1.91. The quantitative estimate of drug-likeness (QED) is 0.729. The summed E-state index contributed by atoms with van der Waals surface area (Å²) in [5.41, 5.74) is 1.89. The zero-order chi connectivity index (χ0) is 10.8. The smallest absolute Gasteiger partial charge is 0.396 e. The first kappa shape index (κ1) is 9.85. The van der Waals surface area contributed by atoms with Crippen LogP contribution in [0.1, 0.15) is 16.2 Å². The molecule has 78 valence electrons. The molecule has 0 radical (unpaired) electrons. The van der Waals surface area contributed by atoms with Crippen LogP contribution in [0.15, 0.2) is 15.2 Å². The Balaban J connectivity index is 2.36. The van der Waals surface area contributed by atoms with Crippen molar-refractivity contribution >= 4 is 17.3 Å². The van der Waals surface area contributed by atoms with Crippen LogP contribution in [0.25, 0.3) is 11.5 Å². The second-order valence-corrected chi connectivity index (χ2v) is 3.62. The fraction of sp³-hybridized carbons (Fsp3) is 0.222. The van der Waals surface area contributed by atoms with E-state index in [-0.39, 0.29) is 5.89 Å². The van der Waals surface area contributed by atoms with Crippen molar-refractivity contribution in [2.75, 3.05) is 7.11 Å². The second-order valence-electron chi connectivity index (χ2n) is 2.87. The molecule has 0 amide bonds. The zero-order valence-corrected chi connectivity index (χ0v) is 9.00. The van der Waals surface area contributed by atoms with Gasteiger partial charge in [0.1, 0.15) is 0 Å². The SMILES string of the molecule is COC(=O)c1nnc(-c2cscc2C)o1. The molecule has 2 rings (SSSR count). The molecular formula is C9H8N2O3S. The number of aromatic nitrogens is 2. The standard InChI is InChI=1S/C9H8N2O3S/c1-5-3-15-4-6(5)7-10-11-8(14-7)9(12)13-2/h3-4H,1-2H3. The minimum atomic E-state index is -0.623. The molecule has 6 heteroatoms. The number of esters is 1. The van der Waals surface area contributed by atoms with Crippen LogP contribution in [-0.4, -0.2) is 23.3 Å². The van der Waals surface area contributed by atoms with Crippen LogP contribution in [0.3, 0.4) is 0 Å². The van der Waals surface area contributed by atoms with Gasteiger partial charge in [0.15, 0.2) is 0 Å². The van der Waals surface area contributed by atoms with Gasteiger partial charge in [-0.05, 0) is 17.9 Å². The Morgan fingerprint density at radius 2 is 2.27 bits per heavy atom. The van der Waals surface area contributed by atoms with Gasteiger partial charge in [-0.3, -0.25) is 0 Å². The number of hydrogen-bond acceptors (Lipinski definition) is 6. The minimum Gasteiger partial charge on any atom is -0.462 e. The molecule has 2 aromatic heterocycles. The van der Waals surface area contributed by atoms with Crippen LogP contribution in [0.2, 0.25) is 0 Å². The van der Waals surface area contributed by atoms with Crippen LogP contribution in [0.5, 0.6) is 0 Å².